The van der Waals surface area contributed by atoms with Crippen LogP contribution < -0.4 is 0 Å². The molecular weight excluding hydrogens is 260 g/mol. The first-order valence-electron chi connectivity index (χ1n) is 7.44. The van der Waals surface area contributed by atoms with Gasteiger partial charge in [-0.05, 0) is 16.0 Å². The van der Waals surface area contributed by atoms with Crippen LogP contribution in [0.25, 0.3) is 0 Å². The van der Waals surface area contributed by atoms with E-state index in [4.69, 9.17) is 0 Å². The Labute approximate surface area is 127 Å². The van der Waals surface area contributed by atoms with Gasteiger partial charge in [0, 0.05) is 8.07 Å². The smallest absolute Gasteiger partial charge is 0.0502 e. The molecule has 0 spiro atoms. The zero-order valence-corrected chi connectivity index (χ0v) is 17.6. The third-order valence-corrected chi connectivity index (χ3v) is 14.6. The Bertz CT molecular complexity index is 219. The fourth-order valence-corrected chi connectivity index (χ4v) is 2.60. The lowest BCUT2D eigenvalue weighted by atomic mass is 9.99. The van der Waals surface area contributed by atoms with Crippen LogP contribution in [-0.4, -0.2) is 16.1 Å². The first kappa shape index (κ1) is 24.5. The third-order valence-electron chi connectivity index (χ3n) is 5.63. The van der Waals surface area contributed by atoms with E-state index < -0.39 is 16.1 Å². The topological polar surface area (TPSA) is 0 Å². The molecule has 0 heterocycles. The van der Waals surface area contributed by atoms with Crippen LogP contribution in [0.1, 0.15) is 55.9 Å². The maximum Gasteiger partial charge on any atom is 0.0502 e. The Morgan fingerprint density at radius 2 is 0.842 bits per heavy atom. The highest BCUT2D eigenvalue weighted by Crippen LogP contribution is 2.43. The summed E-state index contributed by atoms with van der Waals surface area (Å²) in [5, 5.41) is 1.15. The summed E-state index contributed by atoms with van der Waals surface area (Å²) in [6.07, 6.45) is 0. The third kappa shape index (κ3) is 8.34. The van der Waals surface area contributed by atoms with Crippen LogP contribution in [-0.2, 0) is 0 Å². The molecule has 0 radical (unpaired) electrons. The van der Waals surface area contributed by atoms with Gasteiger partial charge in [0.05, 0.1) is 8.07 Å². The second kappa shape index (κ2) is 7.44. The number of rotatable bonds is 2. The van der Waals surface area contributed by atoms with Gasteiger partial charge in [-0.25, -0.2) is 0 Å². The highest BCUT2D eigenvalue weighted by atomic mass is 28.3. The average Bonchev–Trinajstić information content (AvgIpc) is 1.98. The summed E-state index contributed by atoms with van der Waals surface area (Å²) in [5.74, 6) is 0.819. The molecule has 0 bridgehead atoms. The van der Waals surface area contributed by atoms with E-state index in [1.54, 1.807) is 0 Å². The van der Waals surface area contributed by atoms with Crippen molar-refractivity contribution < 1.29 is 0 Å². The van der Waals surface area contributed by atoms with E-state index in [-0.39, 0.29) is 7.43 Å². The summed E-state index contributed by atoms with van der Waals surface area (Å²) in [6.45, 7) is 31.1. The van der Waals surface area contributed by atoms with Crippen molar-refractivity contribution in [3.63, 3.8) is 0 Å². The van der Waals surface area contributed by atoms with Crippen molar-refractivity contribution in [3.8, 4) is 0 Å². The van der Waals surface area contributed by atoms with Crippen LogP contribution >= 0.6 is 0 Å². The number of hydrogen-bond acceptors (Lipinski definition) is 0. The van der Waals surface area contributed by atoms with Gasteiger partial charge in [0.2, 0.25) is 0 Å². The summed E-state index contributed by atoms with van der Waals surface area (Å²) in [6, 6.07) is 0. The van der Waals surface area contributed by atoms with E-state index in [1.165, 1.54) is 0 Å². The molecule has 19 heavy (non-hydrogen) atoms. The summed E-state index contributed by atoms with van der Waals surface area (Å²) in [4.78, 5) is 0. The van der Waals surface area contributed by atoms with E-state index in [2.05, 4.69) is 87.7 Å². The molecule has 0 unspecified atom stereocenters. The van der Waals surface area contributed by atoms with Crippen molar-refractivity contribution in [3.05, 3.63) is 0 Å². The van der Waals surface area contributed by atoms with Crippen molar-refractivity contribution in [2.24, 2.45) is 5.92 Å². The van der Waals surface area contributed by atoms with Crippen LogP contribution in [0.15, 0.2) is 0 Å². The zero-order valence-electron chi connectivity index (χ0n) is 15.6. The zero-order chi connectivity index (χ0) is 15.6. The first-order valence-corrected chi connectivity index (χ1v) is 14.4. The molecule has 120 valence electrons. The molecule has 0 aromatic heterocycles. The Morgan fingerprint density at radius 3 is 0.842 bits per heavy atom. The minimum Gasteiger partial charge on any atom is -0.0776 e. The molecule has 0 aliphatic carbocycles. The minimum absolute atomic E-state index is 0. The predicted octanol–water partition coefficient (Wildman–Crippen LogP) is 7.52. The maximum absolute atomic E-state index is 2.45. The Hall–Kier alpha value is 0.434. The van der Waals surface area contributed by atoms with Crippen LogP contribution in [0.2, 0.25) is 49.4 Å². The van der Waals surface area contributed by atoms with Crippen molar-refractivity contribution in [1.82, 2.24) is 0 Å². The Kier molecular flexibility index (Phi) is 9.58. The van der Waals surface area contributed by atoms with E-state index in [0.29, 0.717) is 10.1 Å². The molecule has 0 aliphatic heterocycles. The summed E-state index contributed by atoms with van der Waals surface area (Å²) < 4.78 is 0. The minimum atomic E-state index is -0.948. The van der Waals surface area contributed by atoms with Crippen molar-refractivity contribution in [1.29, 1.82) is 0 Å². The average molecular weight is 305 g/mol. The fraction of sp³-hybridized carbons (Fsp3) is 1.00. The molecule has 2 heteroatoms. The molecule has 0 saturated carbocycles. The summed E-state index contributed by atoms with van der Waals surface area (Å²) in [7, 11) is -1.81. The normalized spacial score (nSPS) is 13.6. The predicted molar refractivity (Wildman–Crippen MR) is 102 cm³/mol. The van der Waals surface area contributed by atoms with E-state index in [9.17, 15) is 0 Å². The molecule has 0 saturated heterocycles. The highest BCUT2D eigenvalue weighted by molar-refractivity contribution is 6.79. The Balaban J connectivity index is -0.000000262. The SMILES string of the molecule is C.CC(C)(C)[Si](C)(C)C.CC(C)C(C)(C)[Si](C)(C)C. The first-order chi connectivity index (χ1) is 7.44. The lowest BCUT2D eigenvalue weighted by Gasteiger charge is -2.40. The van der Waals surface area contributed by atoms with Crippen LogP contribution in [0.5, 0.6) is 0 Å². The van der Waals surface area contributed by atoms with Gasteiger partial charge >= 0.3 is 0 Å². The standard InChI is InChI=1S/C9H22Si.C7H18Si.CH4/c1-8(2)9(3,4)10(5,6)7;1-7(2,3)8(4,5)6;/h8H,1-7H3;1-6H3;1H4. The molecule has 0 nitrogen and oxygen atoms in total. The highest BCUT2D eigenvalue weighted by Gasteiger charge is 2.36. The molecule has 0 atom stereocenters. The van der Waals surface area contributed by atoms with Crippen molar-refractivity contribution in [2.45, 2.75) is 105 Å². The largest absolute Gasteiger partial charge is 0.0776 e. The van der Waals surface area contributed by atoms with Gasteiger partial charge in [0.1, 0.15) is 0 Å². The molecular formula is C17H44Si2. The van der Waals surface area contributed by atoms with E-state index in [1.807, 2.05) is 0 Å². The van der Waals surface area contributed by atoms with Crippen LogP contribution in [0.3, 0.4) is 0 Å². The second-order valence-corrected chi connectivity index (χ2v) is 21.4. The van der Waals surface area contributed by atoms with Crippen LogP contribution in [0.4, 0.5) is 0 Å². The van der Waals surface area contributed by atoms with Gasteiger partial charge in [-0.3, -0.25) is 0 Å². The number of hydrogen-bond donors (Lipinski definition) is 0. The molecule has 0 fully saturated rings. The van der Waals surface area contributed by atoms with Gasteiger partial charge in [-0.1, -0.05) is 95.2 Å². The molecule has 0 aromatic rings. The lowest BCUT2D eigenvalue weighted by Crippen LogP contribution is -2.38. The second-order valence-electron chi connectivity index (χ2n) is 9.63. The Morgan fingerprint density at radius 1 is 0.632 bits per heavy atom. The maximum atomic E-state index is 2.45. The van der Waals surface area contributed by atoms with Gasteiger partial charge in [-0.15, -0.1) is 0 Å². The van der Waals surface area contributed by atoms with Crippen molar-refractivity contribution in [2.75, 3.05) is 0 Å². The van der Waals surface area contributed by atoms with E-state index >= 15 is 0 Å². The van der Waals surface area contributed by atoms with Gasteiger partial charge < -0.3 is 0 Å². The molecule has 0 amide bonds. The lowest BCUT2D eigenvalue weighted by molar-refractivity contribution is 0.460. The monoisotopic (exact) mass is 304 g/mol. The molecule has 0 aliphatic rings. The molecule has 0 rings (SSSR count). The van der Waals surface area contributed by atoms with Gasteiger partial charge in [0.25, 0.3) is 0 Å². The quantitative estimate of drug-likeness (QED) is 0.463. The van der Waals surface area contributed by atoms with Gasteiger partial charge in [-0.2, -0.15) is 0 Å². The van der Waals surface area contributed by atoms with Crippen LogP contribution in [0, 0.1) is 5.92 Å². The summed E-state index contributed by atoms with van der Waals surface area (Å²) >= 11 is 0. The van der Waals surface area contributed by atoms with E-state index in [0.717, 1.165) is 5.92 Å². The van der Waals surface area contributed by atoms with Gasteiger partial charge in [0.15, 0.2) is 0 Å². The molecule has 0 N–H and O–H groups in total. The fourth-order valence-electron chi connectivity index (χ4n) is 0.866. The van der Waals surface area contributed by atoms with Crippen molar-refractivity contribution >= 4 is 16.1 Å². The molecule has 0 aromatic carbocycles. The summed E-state index contributed by atoms with van der Waals surface area (Å²) in [5.41, 5.74) is 0.